The van der Waals surface area contributed by atoms with Gasteiger partial charge in [0, 0.05) is 25.4 Å². The Bertz CT molecular complexity index is 406. The van der Waals surface area contributed by atoms with E-state index >= 15 is 0 Å². The zero-order valence-corrected chi connectivity index (χ0v) is 10.5. The Morgan fingerprint density at radius 2 is 2.18 bits per heavy atom. The first kappa shape index (κ1) is 13.2. The van der Waals surface area contributed by atoms with Crippen molar-refractivity contribution in [2.75, 3.05) is 14.1 Å². The molecule has 4 nitrogen and oxygen atoms in total. The number of amides is 2. The maximum atomic E-state index is 11.8. The van der Waals surface area contributed by atoms with E-state index in [2.05, 4.69) is 11.9 Å². The number of carbonyl (C=O) groups is 2. The summed E-state index contributed by atoms with van der Waals surface area (Å²) in [5, 5.41) is 2.73. The van der Waals surface area contributed by atoms with Crippen molar-refractivity contribution in [1.29, 1.82) is 0 Å². The fourth-order valence-electron chi connectivity index (χ4n) is 1.56. The quantitative estimate of drug-likeness (QED) is 0.747. The summed E-state index contributed by atoms with van der Waals surface area (Å²) in [4.78, 5) is 24.6. The molecule has 1 atom stereocenters. The molecule has 92 valence electrons. The van der Waals surface area contributed by atoms with E-state index in [1.54, 1.807) is 20.2 Å². The van der Waals surface area contributed by atoms with Crippen LogP contribution in [-0.2, 0) is 9.59 Å². The normalized spacial score (nSPS) is 18.9. The molecule has 1 unspecified atom stereocenters. The third kappa shape index (κ3) is 3.31. The summed E-state index contributed by atoms with van der Waals surface area (Å²) >= 11 is 0. The van der Waals surface area contributed by atoms with Crippen molar-refractivity contribution >= 4 is 11.8 Å². The fraction of sp³-hybridized carbons (Fsp3) is 0.385. The summed E-state index contributed by atoms with van der Waals surface area (Å²) in [6.07, 6.45) is 5.60. The Morgan fingerprint density at radius 3 is 2.71 bits per heavy atom. The first-order valence-corrected chi connectivity index (χ1v) is 5.52. The fourth-order valence-corrected chi connectivity index (χ4v) is 1.56. The molecule has 0 saturated carbocycles. The van der Waals surface area contributed by atoms with Crippen LogP contribution < -0.4 is 5.32 Å². The number of carbonyl (C=O) groups excluding carboxylic acids is 2. The SMILES string of the molecule is C=CC(=O)NC1=CC(C(=O)N(C)C)=CCC1C. The third-order valence-electron chi connectivity index (χ3n) is 2.64. The number of hydrogen-bond acceptors (Lipinski definition) is 2. The van der Waals surface area contributed by atoms with Gasteiger partial charge in [-0.25, -0.2) is 0 Å². The van der Waals surface area contributed by atoms with E-state index in [1.165, 1.54) is 11.0 Å². The van der Waals surface area contributed by atoms with Gasteiger partial charge in [-0.05, 0) is 24.5 Å². The van der Waals surface area contributed by atoms with Gasteiger partial charge in [0.05, 0.1) is 0 Å². The molecular formula is C13H18N2O2. The average molecular weight is 234 g/mol. The standard InChI is InChI=1S/C13H18N2O2/c1-5-12(16)14-11-8-10(7-6-9(11)2)13(17)15(3)4/h5,7-9H,1,6H2,2-4H3,(H,14,16). The average Bonchev–Trinajstić information content (AvgIpc) is 2.30. The highest BCUT2D eigenvalue weighted by Crippen LogP contribution is 2.22. The van der Waals surface area contributed by atoms with Crippen molar-refractivity contribution in [3.8, 4) is 0 Å². The van der Waals surface area contributed by atoms with Crippen LogP contribution in [0.2, 0.25) is 0 Å². The van der Waals surface area contributed by atoms with Crippen LogP contribution in [0, 0.1) is 5.92 Å². The van der Waals surface area contributed by atoms with Gasteiger partial charge >= 0.3 is 0 Å². The lowest BCUT2D eigenvalue weighted by Gasteiger charge is -2.21. The summed E-state index contributed by atoms with van der Waals surface area (Å²) in [6.45, 7) is 5.41. The maximum Gasteiger partial charge on any atom is 0.253 e. The molecule has 2 amide bonds. The van der Waals surface area contributed by atoms with Gasteiger partial charge in [-0.3, -0.25) is 9.59 Å². The van der Waals surface area contributed by atoms with Crippen molar-refractivity contribution in [2.24, 2.45) is 5.92 Å². The lowest BCUT2D eigenvalue weighted by molar-refractivity contribution is -0.124. The van der Waals surface area contributed by atoms with Crippen molar-refractivity contribution in [2.45, 2.75) is 13.3 Å². The van der Waals surface area contributed by atoms with Crippen LogP contribution in [0.5, 0.6) is 0 Å². The summed E-state index contributed by atoms with van der Waals surface area (Å²) in [5.41, 5.74) is 1.38. The minimum Gasteiger partial charge on any atom is -0.345 e. The molecule has 0 aliphatic heterocycles. The van der Waals surface area contributed by atoms with Crippen LogP contribution >= 0.6 is 0 Å². The van der Waals surface area contributed by atoms with Gasteiger partial charge in [0.1, 0.15) is 0 Å². The minimum atomic E-state index is -0.248. The second-order valence-electron chi connectivity index (χ2n) is 4.29. The smallest absolute Gasteiger partial charge is 0.253 e. The molecule has 4 heteroatoms. The van der Waals surface area contributed by atoms with E-state index in [0.29, 0.717) is 5.57 Å². The van der Waals surface area contributed by atoms with Gasteiger partial charge in [-0.15, -0.1) is 0 Å². The van der Waals surface area contributed by atoms with Crippen molar-refractivity contribution in [3.05, 3.63) is 36.1 Å². The molecule has 0 aromatic rings. The third-order valence-corrected chi connectivity index (χ3v) is 2.64. The zero-order chi connectivity index (χ0) is 13.0. The van der Waals surface area contributed by atoms with Crippen LogP contribution in [0.3, 0.4) is 0 Å². The van der Waals surface area contributed by atoms with E-state index < -0.39 is 0 Å². The first-order valence-electron chi connectivity index (χ1n) is 5.52. The van der Waals surface area contributed by atoms with E-state index in [1.807, 2.05) is 13.0 Å². The van der Waals surface area contributed by atoms with Crippen LogP contribution in [0.25, 0.3) is 0 Å². The summed E-state index contributed by atoms with van der Waals surface area (Å²) in [5.74, 6) is -0.0958. The lowest BCUT2D eigenvalue weighted by atomic mass is 9.94. The molecule has 0 saturated heterocycles. The molecule has 1 aliphatic carbocycles. The lowest BCUT2D eigenvalue weighted by Crippen LogP contribution is -2.29. The molecule has 1 N–H and O–H groups in total. The molecule has 0 spiro atoms. The largest absolute Gasteiger partial charge is 0.345 e. The number of nitrogens with zero attached hydrogens (tertiary/aromatic N) is 1. The molecule has 0 fully saturated rings. The number of hydrogen-bond donors (Lipinski definition) is 1. The van der Waals surface area contributed by atoms with Gasteiger partial charge in [0.25, 0.3) is 5.91 Å². The summed E-state index contributed by atoms with van der Waals surface area (Å²) in [6, 6.07) is 0. The predicted molar refractivity (Wildman–Crippen MR) is 67.0 cm³/mol. The van der Waals surface area contributed by atoms with Crippen molar-refractivity contribution in [1.82, 2.24) is 10.2 Å². The van der Waals surface area contributed by atoms with E-state index in [0.717, 1.165) is 12.1 Å². The Morgan fingerprint density at radius 1 is 1.53 bits per heavy atom. The minimum absolute atomic E-state index is 0.0535. The molecule has 17 heavy (non-hydrogen) atoms. The summed E-state index contributed by atoms with van der Waals surface area (Å²) in [7, 11) is 3.41. The maximum absolute atomic E-state index is 11.8. The molecule has 0 aromatic heterocycles. The Balaban J connectivity index is 2.88. The van der Waals surface area contributed by atoms with E-state index in [-0.39, 0.29) is 17.7 Å². The van der Waals surface area contributed by atoms with Crippen molar-refractivity contribution < 1.29 is 9.59 Å². The molecule has 1 aliphatic rings. The van der Waals surface area contributed by atoms with Crippen LogP contribution in [0.15, 0.2) is 36.1 Å². The molecular weight excluding hydrogens is 216 g/mol. The zero-order valence-electron chi connectivity index (χ0n) is 10.5. The first-order chi connectivity index (χ1) is 7.95. The van der Waals surface area contributed by atoms with Gasteiger partial charge in [0.2, 0.25) is 5.91 Å². The number of rotatable bonds is 3. The van der Waals surface area contributed by atoms with Gasteiger partial charge < -0.3 is 10.2 Å². The molecule has 0 radical (unpaired) electrons. The van der Waals surface area contributed by atoms with Crippen LogP contribution in [0.4, 0.5) is 0 Å². The Kier molecular flexibility index (Phi) is 4.26. The van der Waals surface area contributed by atoms with Crippen LogP contribution in [-0.4, -0.2) is 30.8 Å². The summed E-state index contributed by atoms with van der Waals surface area (Å²) < 4.78 is 0. The molecule has 0 heterocycles. The number of nitrogens with one attached hydrogen (secondary N) is 1. The molecule has 0 aromatic carbocycles. The highest BCUT2D eigenvalue weighted by Gasteiger charge is 2.19. The predicted octanol–water partition coefficient (Wildman–Crippen LogP) is 1.23. The van der Waals surface area contributed by atoms with E-state index in [9.17, 15) is 9.59 Å². The molecule has 1 rings (SSSR count). The molecule has 0 bridgehead atoms. The number of allylic oxidation sites excluding steroid dienone is 2. The van der Waals surface area contributed by atoms with Gasteiger partial charge in [-0.2, -0.15) is 0 Å². The second-order valence-corrected chi connectivity index (χ2v) is 4.29. The number of likely N-dealkylation sites (N-methyl/N-ethyl adjacent to an activating group) is 1. The Labute approximate surface area is 102 Å². The Hall–Kier alpha value is -1.84. The van der Waals surface area contributed by atoms with Crippen LogP contribution in [0.1, 0.15) is 13.3 Å². The monoisotopic (exact) mass is 234 g/mol. The topological polar surface area (TPSA) is 49.4 Å². The highest BCUT2D eigenvalue weighted by molar-refractivity contribution is 5.96. The van der Waals surface area contributed by atoms with Gasteiger partial charge in [-0.1, -0.05) is 19.6 Å². The highest BCUT2D eigenvalue weighted by atomic mass is 16.2. The van der Waals surface area contributed by atoms with E-state index in [4.69, 9.17) is 0 Å². The second kappa shape index (κ2) is 5.48. The van der Waals surface area contributed by atoms with Crippen molar-refractivity contribution in [3.63, 3.8) is 0 Å². The van der Waals surface area contributed by atoms with Gasteiger partial charge in [0.15, 0.2) is 0 Å².